The Bertz CT molecular complexity index is 369. The van der Waals surface area contributed by atoms with E-state index in [2.05, 4.69) is 19.2 Å². The van der Waals surface area contributed by atoms with Crippen molar-refractivity contribution in [3.63, 3.8) is 0 Å². The van der Waals surface area contributed by atoms with Gasteiger partial charge in [0.25, 0.3) is 0 Å². The van der Waals surface area contributed by atoms with Gasteiger partial charge in [0.2, 0.25) is 0 Å². The lowest BCUT2D eigenvalue weighted by molar-refractivity contribution is 0.302. The van der Waals surface area contributed by atoms with Crippen LogP contribution in [0.3, 0.4) is 0 Å². The highest BCUT2D eigenvalue weighted by atomic mass is 35.5. The topological polar surface area (TPSA) is 30.5 Å². The summed E-state index contributed by atoms with van der Waals surface area (Å²) in [5.41, 5.74) is 0.916. The molecule has 1 rings (SSSR count). The minimum absolute atomic E-state index is 0.614. The standard InChI is InChI=1S/C14H22ClNO2/c1-4-7-17-13-10-14(18-8-5-2)12(16-6-3)9-11(13)15/h9-10,16H,4-8H2,1-3H3. The predicted molar refractivity (Wildman–Crippen MR) is 77.2 cm³/mol. The second kappa shape index (κ2) is 8.09. The molecule has 0 heterocycles. The zero-order valence-electron chi connectivity index (χ0n) is 11.4. The summed E-state index contributed by atoms with van der Waals surface area (Å²) < 4.78 is 11.3. The number of ether oxygens (including phenoxy) is 2. The van der Waals surface area contributed by atoms with Gasteiger partial charge in [0, 0.05) is 12.6 Å². The summed E-state index contributed by atoms with van der Waals surface area (Å²) in [7, 11) is 0. The Hall–Kier alpha value is -1.09. The molecule has 1 aromatic carbocycles. The van der Waals surface area contributed by atoms with Crippen LogP contribution in [-0.4, -0.2) is 19.8 Å². The minimum Gasteiger partial charge on any atom is -0.492 e. The monoisotopic (exact) mass is 271 g/mol. The largest absolute Gasteiger partial charge is 0.492 e. The van der Waals surface area contributed by atoms with Crippen molar-refractivity contribution < 1.29 is 9.47 Å². The Morgan fingerprint density at radius 1 is 1.00 bits per heavy atom. The highest BCUT2D eigenvalue weighted by Gasteiger charge is 2.10. The quantitative estimate of drug-likeness (QED) is 0.762. The minimum atomic E-state index is 0.614. The average Bonchev–Trinajstić information content (AvgIpc) is 2.37. The normalized spacial score (nSPS) is 10.2. The SMILES string of the molecule is CCCOc1cc(OCCC)c(NCC)cc1Cl. The smallest absolute Gasteiger partial charge is 0.146 e. The molecule has 4 heteroatoms. The van der Waals surface area contributed by atoms with E-state index in [4.69, 9.17) is 21.1 Å². The Kier molecular flexibility index (Phi) is 6.73. The maximum atomic E-state index is 6.19. The lowest BCUT2D eigenvalue weighted by Gasteiger charge is -2.15. The maximum Gasteiger partial charge on any atom is 0.146 e. The van der Waals surface area contributed by atoms with E-state index in [9.17, 15) is 0 Å². The van der Waals surface area contributed by atoms with Crippen LogP contribution in [-0.2, 0) is 0 Å². The highest BCUT2D eigenvalue weighted by molar-refractivity contribution is 6.32. The Balaban J connectivity index is 2.93. The molecule has 0 saturated heterocycles. The molecule has 102 valence electrons. The molecule has 0 amide bonds. The molecule has 0 fully saturated rings. The van der Waals surface area contributed by atoms with Crippen molar-refractivity contribution in [3.05, 3.63) is 17.2 Å². The van der Waals surface area contributed by atoms with Crippen molar-refractivity contribution in [1.29, 1.82) is 0 Å². The Morgan fingerprint density at radius 3 is 2.17 bits per heavy atom. The molecule has 0 aromatic heterocycles. The van der Waals surface area contributed by atoms with Crippen LogP contribution in [0, 0.1) is 0 Å². The number of nitrogens with one attached hydrogen (secondary N) is 1. The van der Waals surface area contributed by atoms with E-state index in [1.165, 1.54) is 0 Å². The van der Waals surface area contributed by atoms with Gasteiger partial charge in [0.05, 0.1) is 23.9 Å². The van der Waals surface area contributed by atoms with E-state index in [0.29, 0.717) is 24.0 Å². The van der Waals surface area contributed by atoms with Gasteiger partial charge < -0.3 is 14.8 Å². The fourth-order valence-corrected chi connectivity index (χ4v) is 1.74. The average molecular weight is 272 g/mol. The van der Waals surface area contributed by atoms with Gasteiger partial charge in [0.15, 0.2) is 0 Å². The molecule has 0 radical (unpaired) electrons. The lowest BCUT2D eigenvalue weighted by atomic mass is 10.2. The number of hydrogen-bond donors (Lipinski definition) is 1. The summed E-state index contributed by atoms with van der Waals surface area (Å²) in [4.78, 5) is 0. The van der Waals surface area contributed by atoms with Crippen LogP contribution in [0.15, 0.2) is 12.1 Å². The van der Waals surface area contributed by atoms with Crippen LogP contribution >= 0.6 is 11.6 Å². The number of rotatable bonds is 8. The zero-order chi connectivity index (χ0) is 13.4. The van der Waals surface area contributed by atoms with Crippen LogP contribution < -0.4 is 14.8 Å². The van der Waals surface area contributed by atoms with Crippen LogP contribution in [0.25, 0.3) is 0 Å². The zero-order valence-corrected chi connectivity index (χ0v) is 12.1. The molecule has 1 N–H and O–H groups in total. The number of anilines is 1. The Labute approximate surface area is 114 Å². The van der Waals surface area contributed by atoms with Gasteiger partial charge in [-0.15, -0.1) is 0 Å². The van der Waals surface area contributed by atoms with E-state index in [1.807, 2.05) is 19.1 Å². The summed E-state index contributed by atoms with van der Waals surface area (Å²) in [5.74, 6) is 1.49. The van der Waals surface area contributed by atoms with Crippen LogP contribution in [0.5, 0.6) is 11.5 Å². The third kappa shape index (κ3) is 4.30. The van der Waals surface area contributed by atoms with Gasteiger partial charge in [0.1, 0.15) is 11.5 Å². The molecule has 18 heavy (non-hydrogen) atoms. The maximum absolute atomic E-state index is 6.19. The van der Waals surface area contributed by atoms with Gasteiger partial charge in [-0.2, -0.15) is 0 Å². The molecule has 0 unspecified atom stereocenters. The van der Waals surface area contributed by atoms with Crippen molar-refractivity contribution in [3.8, 4) is 11.5 Å². The van der Waals surface area contributed by atoms with E-state index in [1.54, 1.807) is 0 Å². The third-order valence-electron chi connectivity index (χ3n) is 2.32. The molecular weight excluding hydrogens is 250 g/mol. The molecule has 1 aromatic rings. The van der Waals surface area contributed by atoms with Crippen molar-refractivity contribution in [2.45, 2.75) is 33.6 Å². The first-order valence-corrected chi connectivity index (χ1v) is 6.93. The van der Waals surface area contributed by atoms with Crippen molar-refractivity contribution in [1.82, 2.24) is 0 Å². The van der Waals surface area contributed by atoms with Gasteiger partial charge in [-0.25, -0.2) is 0 Å². The van der Waals surface area contributed by atoms with Crippen LogP contribution in [0.4, 0.5) is 5.69 Å². The molecule has 0 spiro atoms. The first-order chi connectivity index (χ1) is 8.72. The van der Waals surface area contributed by atoms with Crippen molar-refractivity contribution >= 4 is 17.3 Å². The third-order valence-corrected chi connectivity index (χ3v) is 2.62. The number of hydrogen-bond acceptors (Lipinski definition) is 3. The molecular formula is C14H22ClNO2. The molecule has 3 nitrogen and oxygen atoms in total. The fourth-order valence-electron chi connectivity index (χ4n) is 1.52. The first kappa shape index (κ1) is 15.0. The summed E-state index contributed by atoms with van der Waals surface area (Å²) in [5, 5.41) is 3.86. The molecule has 0 aliphatic carbocycles. The number of halogens is 1. The van der Waals surface area contributed by atoms with E-state index >= 15 is 0 Å². The fraction of sp³-hybridized carbons (Fsp3) is 0.571. The van der Waals surface area contributed by atoms with Crippen molar-refractivity contribution in [2.24, 2.45) is 0 Å². The molecule has 0 aliphatic rings. The van der Waals surface area contributed by atoms with Crippen LogP contribution in [0.2, 0.25) is 5.02 Å². The van der Waals surface area contributed by atoms with Crippen molar-refractivity contribution in [2.75, 3.05) is 25.1 Å². The van der Waals surface area contributed by atoms with Gasteiger partial charge >= 0.3 is 0 Å². The second-order valence-corrected chi connectivity index (χ2v) is 4.41. The van der Waals surface area contributed by atoms with Gasteiger partial charge in [-0.1, -0.05) is 25.4 Å². The molecule has 0 aliphatic heterocycles. The summed E-state index contributed by atoms with van der Waals surface area (Å²) >= 11 is 6.19. The highest BCUT2D eigenvalue weighted by Crippen LogP contribution is 2.36. The van der Waals surface area contributed by atoms with Gasteiger partial charge in [-0.05, 0) is 25.8 Å². The first-order valence-electron chi connectivity index (χ1n) is 6.55. The summed E-state index contributed by atoms with van der Waals surface area (Å²) in [6.45, 7) is 8.36. The molecule has 0 bridgehead atoms. The number of benzene rings is 1. The van der Waals surface area contributed by atoms with Crippen LogP contribution in [0.1, 0.15) is 33.6 Å². The van der Waals surface area contributed by atoms with E-state index in [0.717, 1.165) is 30.8 Å². The lowest BCUT2D eigenvalue weighted by Crippen LogP contribution is -2.04. The Morgan fingerprint density at radius 2 is 1.61 bits per heavy atom. The predicted octanol–water partition coefficient (Wildman–Crippen LogP) is 4.35. The van der Waals surface area contributed by atoms with E-state index in [-0.39, 0.29) is 0 Å². The van der Waals surface area contributed by atoms with E-state index < -0.39 is 0 Å². The second-order valence-electron chi connectivity index (χ2n) is 4.01. The van der Waals surface area contributed by atoms with Gasteiger partial charge in [-0.3, -0.25) is 0 Å². The summed E-state index contributed by atoms with van der Waals surface area (Å²) in [6, 6.07) is 3.73. The summed E-state index contributed by atoms with van der Waals surface area (Å²) in [6.07, 6.45) is 1.93. The molecule has 0 atom stereocenters. The molecule has 0 saturated carbocycles.